The van der Waals surface area contributed by atoms with Crippen LogP contribution in [0.1, 0.15) is 6.92 Å². The van der Waals surface area contributed by atoms with Crippen molar-refractivity contribution in [3.63, 3.8) is 0 Å². The predicted octanol–water partition coefficient (Wildman–Crippen LogP) is 1.16. The summed E-state index contributed by atoms with van der Waals surface area (Å²) >= 11 is 2.96. The van der Waals surface area contributed by atoms with Crippen molar-refractivity contribution in [1.29, 1.82) is 0 Å². The molecule has 104 valence electrons. The quantitative estimate of drug-likeness (QED) is 0.451. The average Bonchev–Trinajstić information content (AvgIpc) is 2.72. The van der Waals surface area contributed by atoms with Gasteiger partial charge in [0.25, 0.3) is 0 Å². The van der Waals surface area contributed by atoms with Crippen molar-refractivity contribution in [2.75, 3.05) is 19.0 Å². The molecule has 0 bridgehead atoms. The molecule has 2 atom stereocenters. The van der Waals surface area contributed by atoms with Gasteiger partial charge < -0.3 is 9.84 Å². The first-order valence-corrected chi connectivity index (χ1v) is 7.77. The molecule has 2 rings (SSSR count). The second kappa shape index (κ2) is 6.02. The van der Waals surface area contributed by atoms with Gasteiger partial charge in [0.15, 0.2) is 5.70 Å². The summed E-state index contributed by atoms with van der Waals surface area (Å²) < 4.78 is 5.82. The Labute approximate surface area is 120 Å². The van der Waals surface area contributed by atoms with Crippen LogP contribution >= 0.6 is 23.5 Å². The van der Waals surface area contributed by atoms with Crippen LogP contribution in [0.4, 0.5) is 0 Å². The van der Waals surface area contributed by atoms with E-state index in [4.69, 9.17) is 4.74 Å². The molecule has 2 aliphatic heterocycles. The minimum absolute atomic E-state index is 0.118. The lowest BCUT2D eigenvalue weighted by Crippen LogP contribution is -2.58. The van der Waals surface area contributed by atoms with Gasteiger partial charge in [0, 0.05) is 0 Å². The van der Waals surface area contributed by atoms with Gasteiger partial charge in [-0.15, -0.1) is 11.8 Å². The Morgan fingerprint density at radius 2 is 2.42 bits per heavy atom. The van der Waals surface area contributed by atoms with E-state index in [1.165, 1.54) is 34.5 Å². The van der Waals surface area contributed by atoms with E-state index in [-0.39, 0.29) is 24.5 Å². The Morgan fingerprint density at radius 3 is 3.00 bits per heavy atom. The maximum atomic E-state index is 12.0. The Balaban J connectivity index is 2.20. The van der Waals surface area contributed by atoms with Gasteiger partial charge in [0.05, 0.1) is 16.8 Å². The lowest BCUT2D eigenvalue weighted by Gasteiger charge is -2.41. The van der Waals surface area contributed by atoms with E-state index in [0.717, 1.165) is 9.99 Å². The minimum Gasteiger partial charge on any atom is -0.457 e. The van der Waals surface area contributed by atoms with Crippen molar-refractivity contribution in [2.24, 2.45) is 5.92 Å². The summed E-state index contributed by atoms with van der Waals surface area (Å²) in [5.41, 5.74) is 0.318. The highest BCUT2D eigenvalue weighted by Crippen LogP contribution is 2.52. The lowest BCUT2D eigenvalue weighted by molar-refractivity contribution is -0.154. The minimum atomic E-state index is -0.504. The second-order valence-corrected chi connectivity index (χ2v) is 6.62. The zero-order chi connectivity index (χ0) is 14.0. The summed E-state index contributed by atoms with van der Waals surface area (Å²) in [6.07, 6.45) is 1.49. The molecule has 0 aromatic rings. The van der Waals surface area contributed by atoms with Crippen LogP contribution in [0.2, 0.25) is 0 Å². The molecule has 1 amide bonds. The van der Waals surface area contributed by atoms with Crippen molar-refractivity contribution in [3.05, 3.63) is 22.6 Å². The number of amides is 1. The van der Waals surface area contributed by atoms with Gasteiger partial charge in [-0.2, -0.15) is 0 Å². The summed E-state index contributed by atoms with van der Waals surface area (Å²) in [6, 6.07) is 0. The number of hydrogen-bond acceptors (Lipinski definition) is 6. The van der Waals surface area contributed by atoms with Crippen LogP contribution in [-0.2, 0) is 14.3 Å². The number of thioether (sulfide) groups is 2. The van der Waals surface area contributed by atoms with Crippen LogP contribution in [-0.4, -0.2) is 46.2 Å². The van der Waals surface area contributed by atoms with Crippen molar-refractivity contribution < 1.29 is 19.4 Å². The maximum Gasteiger partial charge on any atom is 0.357 e. The van der Waals surface area contributed by atoms with Gasteiger partial charge in [0.1, 0.15) is 12.0 Å². The fourth-order valence-electron chi connectivity index (χ4n) is 1.95. The van der Waals surface area contributed by atoms with Crippen LogP contribution in [0, 0.1) is 5.92 Å². The van der Waals surface area contributed by atoms with E-state index in [2.05, 4.69) is 6.58 Å². The van der Waals surface area contributed by atoms with Gasteiger partial charge >= 0.3 is 5.97 Å². The highest BCUT2D eigenvalue weighted by molar-refractivity contribution is 8.22. The van der Waals surface area contributed by atoms with Gasteiger partial charge in [-0.1, -0.05) is 31.3 Å². The van der Waals surface area contributed by atoms with Crippen molar-refractivity contribution in [3.8, 4) is 0 Å². The Morgan fingerprint density at radius 1 is 1.68 bits per heavy atom. The summed E-state index contributed by atoms with van der Waals surface area (Å²) in [5, 5.41) is 9.00. The molecule has 19 heavy (non-hydrogen) atoms. The number of hydrogen-bond donors (Lipinski definition) is 1. The van der Waals surface area contributed by atoms with Crippen molar-refractivity contribution in [2.45, 2.75) is 12.3 Å². The third kappa shape index (κ3) is 2.42. The van der Waals surface area contributed by atoms with Gasteiger partial charge in [-0.05, 0) is 5.75 Å². The molecule has 1 N–H and O–H groups in total. The first-order chi connectivity index (χ1) is 9.15. The highest BCUT2D eigenvalue weighted by Gasteiger charge is 2.56. The Kier molecular flexibility index (Phi) is 4.59. The Bertz CT molecular complexity index is 449. The average molecular weight is 301 g/mol. The molecule has 5 nitrogen and oxygen atoms in total. The SMILES string of the molecule is C=CCOC(=O)C1=C(SCC)S[C@@H]2C(CO)C(=O)N12. The Hall–Kier alpha value is -0.920. The number of β-lactam (4-membered cyclic amide) rings is 1. The zero-order valence-electron chi connectivity index (χ0n) is 10.5. The third-order valence-electron chi connectivity index (χ3n) is 2.81. The first-order valence-electron chi connectivity index (χ1n) is 5.91. The number of rotatable bonds is 6. The first kappa shape index (κ1) is 14.5. The second-order valence-electron chi connectivity index (χ2n) is 3.96. The fourth-order valence-corrected chi connectivity index (χ4v) is 4.64. The van der Waals surface area contributed by atoms with Gasteiger partial charge in [-0.3, -0.25) is 9.69 Å². The molecule has 0 aromatic carbocycles. The molecule has 2 heterocycles. The largest absolute Gasteiger partial charge is 0.457 e. The molecule has 0 aliphatic carbocycles. The number of carbonyl (C=O) groups excluding carboxylic acids is 2. The van der Waals surface area contributed by atoms with Crippen LogP contribution in [0.25, 0.3) is 0 Å². The van der Waals surface area contributed by atoms with Crippen molar-refractivity contribution >= 4 is 35.4 Å². The van der Waals surface area contributed by atoms with E-state index in [0.29, 0.717) is 5.70 Å². The predicted molar refractivity (Wildman–Crippen MR) is 75.1 cm³/mol. The van der Waals surface area contributed by atoms with E-state index in [1.807, 2.05) is 6.92 Å². The molecule has 1 unspecified atom stereocenters. The summed E-state index contributed by atoms with van der Waals surface area (Å²) in [7, 11) is 0. The normalized spacial score (nSPS) is 25.2. The van der Waals surface area contributed by atoms with E-state index in [1.54, 1.807) is 0 Å². The fraction of sp³-hybridized carbons (Fsp3) is 0.500. The summed E-state index contributed by atoms with van der Waals surface area (Å²) in [6.45, 7) is 5.39. The highest BCUT2D eigenvalue weighted by atomic mass is 32.2. The standard InChI is InChI=1S/C12H15NO4S2/c1-3-5-17-11(16)8-12(18-4-2)19-10-7(6-14)9(15)13(8)10/h3,7,10,14H,1,4-6H2,2H3/t7?,10-/m1/s1. The third-order valence-corrected chi connectivity index (χ3v) is 5.39. The molecular weight excluding hydrogens is 286 g/mol. The number of ether oxygens (including phenoxy) is 1. The van der Waals surface area contributed by atoms with Crippen molar-refractivity contribution in [1.82, 2.24) is 4.90 Å². The molecule has 0 saturated carbocycles. The van der Waals surface area contributed by atoms with Gasteiger partial charge in [-0.25, -0.2) is 4.79 Å². The molecule has 0 aromatic heterocycles. The number of fused-ring (bicyclic) bond motifs is 1. The topological polar surface area (TPSA) is 66.8 Å². The van der Waals surface area contributed by atoms with Gasteiger partial charge in [0.2, 0.25) is 5.91 Å². The molecule has 2 aliphatic rings. The van der Waals surface area contributed by atoms with Crippen LogP contribution in [0.15, 0.2) is 22.6 Å². The number of aliphatic hydroxyl groups is 1. The number of esters is 1. The zero-order valence-corrected chi connectivity index (χ0v) is 12.1. The summed E-state index contributed by atoms with van der Waals surface area (Å²) in [4.78, 5) is 25.3. The molecule has 0 radical (unpaired) electrons. The lowest BCUT2D eigenvalue weighted by atomic mass is 9.99. The van der Waals surface area contributed by atoms with Crippen LogP contribution < -0.4 is 0 Å². The maximum absolute atomic E-state index is 12.0. The number of nitrogens with zero attached hydrogens (tertiary/aromatic N) is 1. The monoisotopic (exact) mass is 301 g/mol. The smallest absolute Gasteiger partial charge is 0.357 e. The van der Waals surface area contributed by atoms with E-state index in [9.17, 15) is 14.7 Å². The molecule has 1 fully saturated rings. The molecular formula is C12H15NO4S2. The van der Waals surface area contributed by atoms with Crippen LogP contribution in [0.5, 0.6) is 0 Å². The molecule has 1 saturated heterocycles. The molecule has 7 heteroatoms. The van der Waals surface area contributed by atoms with E-state index < -0.39 is 11.9 Å². The summed E-state index contributed by atoms with van der Waals surface area (Å²) in [5.74, 6) is -0.325. The molecule has 0 spiro atoms. The number of carbonyl (C=O) groups is 2. The van der Waals surface area contributed by atoms with Crippen LogP contribution in [0.3, 0.4) is 0 Å². The number of aliphatic hydroxyl groups excluding tert-OH is 1. The van der Waals surface area contributed by atoms with E-state index >= 15 is 0 Å².